The lowest BCUT2D eigenvalue weighted by Gasteiger charge is -2.35. The lowest BCUT2D eigenvalue weighted by Crippen LogP contribution is -2.48. The summed E-state index contributed by atoms with van der Waals surface area (Å²) in [7, 11) is -0.834. The van der Waals surface area contributed by atoms with E-state index in [4.69, 9.17) is 14.2 Å². The highest BCUT2D eigenvalue weighted by Crippen LogP contribution is 2.30. The Labute approximate surface area is 312 Å². The van der Waals surface area contributed by atoms with E-state index in [1.807, 2.05) is 56.3 Å². The van der Waals surface area contributed by atoms with Crippen LogP contribution in [0.5, 0.6) is 11.5 Å². The van der Waals surface area contributed by atoms with Gasteiger partial charge in [-0.3, -0.25) is 4.79 Å². The van der Waals surface area contributed by atoms with Crippen LogP contribution in [0, 0.1) is 5.92 Å². The van der Waals surface area contributed by atoms with E-state index < -0.39 is 34.1 Å². The van der Waals surface area contributed by atoms with Crippen LogP contribution in [-0.2, 0) is 14.8 Å². The van der Waals surface area contributed by atoms with Gasteiger partial charge in [0.05, 0.1) is 48.1 Å². The first kappa shape index (κ1) is 39.5. The third-order valence-electron chi connectivity index (χ3n) is 9.55. The van der Waals surface area contributed by atoms with E-state index in [1.165, 1.54) is 30.6 Å². The van der Waals surface area contributed by atoms with Crippen molar-refractivity contribution in [2.75, 3.05) is 51.1 Å². The van der Waals surface area contributed by atoms with E-state index in [-0.39, 0.29) is 42.2 Å². The molecule has 0 aromatic heterocycles. The summed E-state index contributed by atoms with van der Waals surface area (Å²) in [4.78, 5) is 29.4. The summed E-state index contributed by atoms with van der Waals surface area (Å²) in [6.45, 7) is 5.86. The molecule has 0 spiro atoms. The van der Waals surface area contributed by atoms with Crippen molar-refractivity contribution in [2.45, 2.75) is 63.2 Å². The zero-order chi connectivity index (χ0) is 38.1. The standard InChI is InChI=1S/C40H50N4O8S/c1-27-24-44(28(2)26-45)39(46)35-23-31(41-40(47)42-36-15-10-13-30-12-6-7-14-34(30)36)16-21-37(35)52-29(3)11-8-9-22-51-38(27)25-43(4)53(48,49)33-19-17-32(50-5)18-20-33/h6-7,10,12-21,23,27-29,38,45H,8-9,11,22,24-26H2,1-5H3,(H2,41,42,47)/t27-,28-,29+,38-/m0/s1. The van der Waals surface area contributed by atoms with Crippen molar-refractivity contribution >= 4 is 44.1 Å². The Morgan fingerprint density at radius 3 is 2.49 bits per heavy atom. The number of hydrogen-bond acceptors (Lipinski definition) is 8. The number of sulfonamides is 1. The zero-order valence-corrected chi connectivity index (χ0v) is 31.8. The number of aliphatic hydroxyl groups excluding tert-OH is 1. The number of amides is 3. The van der Waals surface area contributed by atoms with E-state index in [0.717, 1.165) is 23.6 Å². The van der Waals surface area contributed by atoms with Crippen LogP contribution in [0.25, 0.3) is 10.8 Å². The number of nitrogens with zero attached hydrogens (tertiary/aromatic N) is 2. The maximum absolute atomic E-state index is 14.5. The van der Waals surface area contributed by atoms with Crippen molar-refractivity contribution < 1.29 is 37.3 Å². The number of anilines is 2. The Bertz CT molecular complexity index is 1970. The number of hydrogen-bond donors (Lipinski definition) is 3. The number of rotatable bonds is 9. The molecule has 5 rings (SSSR count). The number of benzene rings is 4. The quantitative estimate of drug-likeness (QED) is 0.174. The van der Waals surface area contributed by atoms with Crippen molar-refractivity contribution in [1.29, 1.82) is 0 Å². The lowest BCUT2D eigenvalue weighted by molar-refractivity contribution is -0.00834. The second-order valence-corrected chi connectivity index (χ2v) is 15.6. The minimum atomic E-state index is -3.87. The Morgan fingerprint density at radius 1 is 1.02 bits per heavy atom. The van der Waals surface area contributed by atoms with Crippen LogP contribution in [0.4, 0.5) is 16.2 Å². The average molecular weight is 747 g/mol. The number of urea groups is 1. The third kappa shape index (κ3) is 9.85. The molecule has 284 valence electrons. The normalized spacial score (nSPS) is 19.5. The topological polar surface area (TPSA) is 147 Å². The monoisotopic (exact) mass is 746 g/mol. The fourth-order valence-corrected chi connectivity index (χ4v) is 7.54. The van der Waals surface area contributed by atoms with Crippen molar-refractivity contribution in [3.8, 4) is 11.5 Å². The Morgan fingerprint density at radius 2 is 1.75 bits per heavy atom. The van der Waals surface area contributed by atoms with Gasteiger partial charge >= 0.3 is 6.03 Å². The molecule has 4 aromatic carbocycles. The van der Waals surface area contributed by atoms with Gasteiger partial charge in [-0.05, 0) is 87.0 Å². The highest BCUT2D eigenvalue weighted by atomic mass is 32.2. The smallest absolute Gasteiger partial charge is 0.323 e. The number of aliphatic hydroxyl groups is 1. The van der Waals surface area contributed by atoms with Gasteiger partial charge in [-0.2, -0.15) is 4.31 Å². The van der Waals surface area contributed by atoms with Crippen LogP contribution >= 0.6 is 0 Å². The molecule has 13 heteroatoms. The molecule has 0 bridgehead atoms. The van der Waals surface area contributed by atoms with Gasteiger partial charge in [-0.1, -0.05) is 43.3 Å². The summed E-state index contributed by atoms with van der Waals surface area (Å²) < 4.78 is 46.3. The van der Waals surface area contributed by atoms with Crippen molar-refractivity contribution in [3.05, 3.63) is 90.5 Å². The number of methoxy groups -OCH3 is 1. The van der Waals surface area contributed by atoms with E-state index in [2.05, 4.69) is 10.6 Å². The van der Waals surface area contributed by atoms with E-state index in [1.54, 1.807) is 42.2 Å². The minimum Gasteiger partial charge on any atom is -0.497 e. The van der Waals surface area contributed by atoms with Crippen LogP contribution < -0.4 is 20.1 Å². The van der Waals surface area contributed by atoms with Gasteiger partial charge < -0.3 is 34.9 Å². The number of ether oxygens (including phenoxy) is 3. The van der Waals surface area contributed by atoms with Crippen molar-refractivity contribution in [2.24, 2.45) is 5.92 Å². The molecule has 3 N–H and O–H groups in total. The molecule has 0 saturated carbocycles. The van der Waals surface area contributed by atoms with Crippen LogP contribution in [0.3, 0.4) is 0 Å². The second kappa shape index (κ2) is 17.9. The molecule has 4 atom stereocenters. The van der Waals surface area contributed by atoms with Crippen LogP contribution in [0.1, 0.15) is 50.4 Å². The highest BCUT2D eigenvalue weighted by Gasteiger charge is 2.32. The molecule has 1 aliphatic rings. The lowest BCUT2D eigenvalue weighted by atomic mass is 10.0. The molecule has 0 saturated heterocycles. The molecule has 0 unspecified atom stereocenters. The summed E-state index contributed by atoms with van der Waals surface area (Å²) in [5, 5.41) is 17.9. The van der Waals surface area contributed by atoms with Gasteiger partial charge in [-0.25, -0.2) is 13.2 Å². The number of nitrogens with one attached hydrogen (secondary N) is 2. The van der Waals surface area contributed by atoms with Crippen LogP contribution in [0.15, 0.2) is 89.8 Å². The molecule has 53 heavy (non-hydrogen) atoms. The SMILES string of the molecule is COc1ccc(S(=O)(=O)N(C)C[C@@H]2OCCCC[C@@H](C)Oc3ccc(NC(=O)Nc4cccc5ccccc45)cc3C(=O)N([C@@H](C)CO)C[C@@H]2C)cc1. The highest BCUT2D eigenvalue weighted by molar-refractivity contribution is 7.89. The molecule has 1 aliphatic heterocycles. The molecule has 0 radical (unpaired) electrons. The third-order valence-corrected chi connectivity index (χ3v) is 11.4. The molecule has 12 nitrogen and oxygen atoms in total. The number of likely N-dealkylation sites (N-methyl/N-ethyl adjacent to an activating group) is 1. The van der Waals surface area contributed by atoms with Gasteiger partial charge in [0.25, 0.3) is 5.91 Å². The summed E-state index contributed by atoms with van der Waals surface area (Å²) in [5.41, 5.74) is 1.24. The zero-order valence-electron chi connectivity index (χ0n) is 30.9. The minimum absolute atomic E-state index is 0.0427. The predicted octanol–water partition coefficient (Wildman–Crippen LogP) is 6.61. The number of fused-ring (bicyclic) bond motifs is 2. The maximum atomic E-state index is 14.5. The Balaban J connectivity index is 1.41. The predicted molar refractivity (Wildman–Crippen MR) is 206 cm³/mol. The van der Waals surface area contributed by atoms with Crippen LogP contribution in [0.2, 0.25) is 0 Å². The van der Waals surface area contributed by atoms with Gasteiger partial charge in [0.2, 0.25) is 10.0 Å². The molecule has 1 heterocycles. The molecule has 0 fully saturated rings. The molecule has 3 amide bonds. The van der Waals surface area contributed by atoms with Gasteiger partial charge in [-0.15, -0.1) is 0 Å². The molecule has 0 aliphatic carbocycles. The maximum Gasteiger partial charge on any atom is 0.323 e. The summed E-state index contributed by atoms with van der Waals surface area (Å²) in [5.74, 6) is 0.153. The van der Waals surface area contributed by atoms with Gasteiger partial charge in [0, 0.05) is 43.7 Å². The van der Waals surface area contributed by atoms with E-state index in [0.29, 0.717) is 35.9 Å². The Hall–Kier alpha value is -4.69. The number of carbonyl (C=O) groups is 2. The first-order chi connectivity index (χ1) is 25.4. The van der Waals surface area contributed by atoms with Gasteiger partial charge in [0.1, 0.15) is 11.5 Å². The first-order valence-electron chi connectivity index (χ1n) is 17.9. The van der Waals surface area contributed by atoms with Crippen LogP contribution in [-0.4, -0.2) is 93.4 Å². The van der Waals surface area contributed by atoms with Gasteiger partial charge in [0.15, 0.2) is 0 Å². The Kier molecular flexibility index (Phi) is 13.3. The average Bonchev–Trinajstić information content (AvgIpc) is 3.16. The van der Waals surface area contributed by atoms with E-state index in [9.17, 15) is 23.1 Å². The fourth-order valence-electron chi connectivity index (χ4n) is 6.36. The fraction of sp³-hybridized carbons (Fsp3) is 0.400. The van der Waals surface area contributed by atoms with Crippen molar-refractivity contribution in [3.63, 3.8) is 0 Å². The summed E-state index contributed by atoms with van der Waals surface area (Å²) in [6.07, 6.45) is 1.39. The molecule has 4 aromatic rings. The van der Waals surface area contributed by atoms with Crippen molar-refractivity contribution in [1.82, 2.24) is 9.21 Å². The van der Waals surface area contributed by atoms with E-state index >= 15 is 0 Å². The second-order valence-electron chi connectivity index (χ2n) is 13.6. The molecular formula is C40H50N4O8S. The number of carbonyl (C=O) groups excluding carboxylic acids is 2. The largest absolute Gasteiger partial charge is 0.497 e. The summed E-state index contributed by atoms with van der Waals surface area (Å²) in [6, 6.07) is 23.5. The first-order valence-corrected chi connectivity index (χ1v) is 19.4. The molecular weight excluding hydrogens is 697 g/mol. The summed E-state index contributed by atoms with van der Waals surface area (Å²) >= 11 is 0.